The quantitative estimate of drug-likeness (QED) is 0.857. The van der Waals surface area contributed by atoms with Gasteiger partial charge in [-0.25, -0.2) is 0 Å². The van der Waals surface area contributed by atoms with Gasteiger partial charge in [0, 0.05) is 12.0 Å². The molecular formula is C16H25NO2. The molecule has 0 saturated carbocycles. The predicted molar refractivity (Wildman–Crippen MR) is 78.4 cm³/mol. The molecule has 0 aliphatic rings. The molecular weight excluding hydrogens is 238 g/mol. The van der Waals surface area contributed by atoms with E-state index >= 15 is 0 Å². The van der Waals surface area contributed by atoms with Gasteiger partial charge in [0.05, 0.1) is 0 Å². The minimum atomic E-state index is -0.457. The van der Waals surface area contributed by atoms with Crippen LogP contribution in [0, 0.1) is 6.92 Å². The third-order valence-corrected chi connectivity index (χ3v) is 3.53. The fourth-order valence-corrected chi connectivity index (χ4v) is 2.20. The van der Waals surface area contributed by atoms with Crippen LogP contribution in [-0.2, 0) is 10.2 Å². The monoisotopic (exact) mass is 263 g/mol. The first kappa shape index (κ1) is 15.7. The van der Waals surface area contributed by atoms with Crippen molar-refractivity contribution in [1.29, 1.82) is 0 Å². The number of aryl methyl sites for hydroxylation is 1. The van der Waals surface area contributed by atoms with Crippen LogP contribution in [0.25, 0.3) is 0 Å². The van der Waals surface area contributed by atoms with Crippen molar-refractivity contribution in [1.82, 2.24) is 5.32 Å². The van der Waals surface area contributed by atoms with Gasteiger partial charge in [0.15, 0.2) is 0 Å². The summed E-state index contributed by atoms with van der Waals surface area (Å²) in [5, 5.41) is 11.5. The molecule has 0 heterocycles. The second kappa shape index (κ2) is 6.20. The van der Waals surface area contributed by atoms with E-state index in [-0.39, 0.29) is 11.3 Å². The number of hydrogen-bond donors (Lipinski definition) is 2. The lowest BCUT2D eigenvalue weighted by molar-refractivity contribution is -0.124. The number of aliphatic hydroxyl groups is 1. The van der Waals surface area contributed by atoms with Crippen LogP contribution in [-0.4, -0.2) is 24.2 Å². The van der Waals surface area contributed by atoms with Crippen molar-refractivity contribution in [2.75, 3.05) is 13.2 Å². The van der Waals surface area contributed by atoms with E-state index in [1.54, 1.807) is 0 Å². The SMILES string of the molecule is Cc1ccc(C(C)C)cc1C(C)(C)CNC(=O)CO. The number of rotatable bonds is 5. The molecule has 106 valence electrons. The molecule has 1 rings (SSSR count). The molecule has 0 saturated heterocycles. The smallest absolute Gasteiger partial charge is 0.245 e. The average molecular weight is 263 g/mol. The van der Waals surface area contributed by atoms with Gasteiger partial charge >= 0.3 is 0 Å². The number of hydrogen-bond acceptors (Lipinski definition) is 2. The maximum Gasteiger partial charge on any atom is 0.245 e. The predicted octanol–water partition coefficient (Wildman–Crippen LogP) is 2.50. The Labute approximate surface area is 116 Å². The molecule has 1 aromatic rings. The zero-order valence-electron chi connectivity index (χ0n) is 12.6. The normalized spacial score (nSPS) is 11.7. The van der Waals surface area contributed by atoms with Crippen molar-refractivity contribution < 1.29 is 9.90 Å². The summed E-state index contributed by atoms with van der Waals surface area (Å²) in [6.45, 7) is 10.7. The second-order valence-electron chi connectivity index (χ2n) is 6.05. The lowest BCUT2D eigenvalue weighted by Crippen LogP contribution is -2.38. The van der Waals surface area contributed by atoms with Gasteiger partial charge in [-0.15, -0.1) is 0 Å². The highest BCUT2D eigenvalue weighted by Crippen LogP contribution is 2.28. The molecule has 3 heteroatoms. The maximum atomic E-state index is 11.2. The van der Waals surface area contributed by atoms with Crippen molar-refractivity contribution in [2.45, 2.75) is 46.0 Å². The van der Waals surface area contributed by atoms with Crippen LogP contribution < -0.4 is 5.32 Å². The van der Waals surface area contributed by atoms with Gasteiger partial charge in [-0.2, -0.15) is 0 Å². The molecule has 1 aromatic carbocycles. The summed E-state index contributed by atoms with van der Waals surface area (Å²) in [6, 6.07) is 6.53. The van der Waals surface area contributed by atoms with Crippen molar-refractivity contribution in [3.05, 3.63) is 34.9 Å². The summed E-state index contributed by atoms with van der Waals surface area (Å²) < 4.78 is 0. The lowest BCUT2D eigenvalue weighted by atomic mass is 9.80. The Balaban J connectivity index is 2.99. The fraction of sp³-hybridized carbons (Fsp3) is 0.562. The molecule has 19 heavy (non-hydrogen) atoms. The third kappa shape index (κ3) is 4.06. The molecule has 3 nitrogen and oxygen atoms in total. The Kier molecular flexibility index (Phi) is 5.12. The Morgan fingerprint density at radius 2 is 2.00 bits per heavy atom. The number of aliphatic hydroxyl groups excluding tert-OH is 1. The minimum Gasteiger partial charge on any atom is -0.387 e. The maximum absolute atomic E-state index is 11.2. The Morgan fingerprint density at radius 3 is 2.53 bits per heavy atom. The van der Waals surface area contributed by atoms with E-state index in [1.165, 1.54) is 16.7 Å². The highest BCUT2D eigenvalue weighted by Gasteiger charge is 2.23. The van der Waals surface area contributed by atoms with Gasteiger partial charge < -0.3 is 10.4 Å². The third-order valence-electron chi connectivity index (χ3n) is 3.53. The van der Waals surface area contributed by atoms with E-state index in [0.717, 1.165) is 0 Å². The van der Waals surface area contributed by atoms with Crippen LogP contribution in [0.1, 0.15) is 50.3 Å². The van der Waals surface area contributed by atoms with E-state index in [0.29, 0.717) is 12.5 Å². The van der Waals surface area contributed by atoms with Crippen LogP contribution >= 0.6 is 0 Å². The molecule has 0 atom stereocenters. The first-order chi connectivity index (χ1) is 8.77. The molecule has 0 radical (unpaired) electrons. The lowest BCUT2D eigenvalue weighted by Gasteiger charge is -2.28. The van der Waals surface area contributed by atoms with Gasteiger partial charge in [-0.1, -0.05) is 45.9 Å². The summed E-state index contributed by atoms with van der Waals surface area (Å²) >= 11 is 0. The van der Waals surface area contributed by atoms with Crippen molar-refractivity contribution in [2.24, 2.45) is 0 Å². The highest BCUT2D eigenvalue weighted by molar-refractivity contribution is 5.77. The van der Waals surface area contributed by atoms with Crippen LogP contribution in [0.15, 0.2) is 18.2 Å². The van der Waals surface area contributed by atoms with E-state index < -0.39 is 6.61 Å². The summed E-state index contributed by atoms with van der Waals surface area (Å²) in [5.41, 5.74) is 3.63. The van der Waals surface area contributed by atoms with Crippen LogP contribution in [0.5, 0.6) is 0 Å². The van der Waals surface area contributed by atoms with Gasteiger partial charge in [0.2, 0.25) is 5.91 Å². The van der Waals surface area contributed by atoms with E-state index in [4.69, 9.17) is 5.11 Å². The number of amides is 1. The second-order valence-corrected chi connectivity index (χ2v) is 6.05. The molecule has 0 aliphatic heterocycles. The van der Waals surface area contributed by atoms with Crippen molar-refractivity contribution in [3.8, 4) is 0 Å². The highest BCUT2D eigenvalue weighted by atomic mass is 16.3. The summed E-state index contributed by atoms with van der Waals surface area (Å²) in [7, 11) is 0. The minimum absolute atomic E-state index is 0.153. The summed E-state index contributed by atoms with van der Waals surface area (Å²) in [4.78, 5) is 11.2. The van der Waals surface area contributed by atoms with Gasteiger partial charge in [-0.3, -0.25) is 4.79 Å². The van der Waals surface area contributed by atoms with E-state index in [9.17, 15) is 4.79 Å². The van der Waals surface area contributed by atoms with Crippen LogP contribution in [0.4, 0.5) is 0 Å². The molecule has 1 amide bonds. The van der Waals surface area contributed by atoms with Crippen LogP contribution in [0.3, 0.4) is 0 Å². The van der Waals surface area contributed by atoms with Gasteiger partial charge in [-0.05, 0) is 29.5 Å². The van der Waals surface area contributed by atoms with E-state index in [1.807, 2.05) is 0 Å². The fourth-order valence-electron chi connectivity index (χ4n) is 2.20. The number of nitrogens with one attached hydrogen (secondary N) is 1. The molecule has 0 aliphatic carbocycles. The summed E-state index contributed by atoms with van der Waals surface area (Å²) in [6.07, 6.45) is 0. The zero-order valence-corrected chi connectivity index (χ0v) is 12.6. The standard InChI is InChI=1S/C16H25NO2/c1-11(2)13-7-6-12(3)14(8-13)16(4,5)10-17-15(19)9-18/h6-8,11,18H,9-10H2,1-5H3,(H,17,19). The summed E-state index contributed by atoms with van der Waals surface area (Å²) in [5.74, 6) is 0.160. The van der Waals surface area contributed by atoms with Crippen molar-refractivity contribution in [3.63, 3.8) is 0 Å². The van der Waals surface area contributed by atoms with Crippen molar-refractivity contribution >= 4 is 5.91 Å². The van der Waals surface area contributed by atoms with Gasteiger partial charge in [0.25, 0.3) is 0 Å². The largest absolute Gasteiger partial charge is 0.387 e. The molecule has 0 spiro atoms. The van der Waals surface area contributed by atoms with Gasteiger partial charge in [0.1, 0.15) is 6.61 Å². The first-order valence-electron chi connectivity index (χ1n) is 6.76. The Bertz CT molecular complexity index is 450. The molecule has 0 unspecified atom stereocenters. The molecule has 0 aromatic heterocycles. The topological polar surface area (TPSA) is 49.3 Å². The number of carbonyl (C=O) groups is 1. The zero-order chi connectivity index (χ0) is 14.6. The average Bonchev–Trinajstić information content (AvgIpc) is 2.36. The molecule has 0 fully saturated rings. The first-order valence-corrected chi connectivity index (χ1v) is 6.76. The van der Waals surface area contributed by atoms with E-state index in [2.05, 4.69) is 58.1 Å². The number of carbonyl (C=O) groups excluding carboxylic acids is 1. The Morgan fingerprint density at radius 1 is 1.37 bits per heavy atom. The van der Waals surface area contributed by atoms with Crippen LogP contribution in [0.2, 0.25) is 0 Å². The Hall–Kier alpha value is -1.35. The number of benzene rings is 1. The molecule has 2 N–H and O–H groups in total. The molecule has 0 bridgehead atoms.